The third kappa shape index (κ3) is 12.6. The van der Waals surface area contributed by atoms with Crippen molar-refractivity contribution >= 4 is 22.4 Å². The summed E-state index contributed by atoms with van der Waals surface area (Å²) in [5, 5.41) is 0. The van der Waals surface area contributed by atoms with Crippen LogP contribution in [0.25, 0.3) is 11.0 Å². The highest BCUT2D eigenvalue weighted by atomic mass is 14.9. The number of nitrogen functional groups attached to an aromatic ring is 2. The highest BCUT2D eigenvalue weighted by Gasteiger charge is 1.88. The van der Waals surface area contributed by atoms with Gasteiger partial charge in [-0.2, -0.15) is 0 Å². The van der Waals surface area contributed by atoms with Crippen molar-refractivity contribution in [3.8, 4) is 0 Å². The molecule has 0 spiro atoms. The van der Waals surface area contributed by atoms with Gasteiger partial charge in [0, 0.05) is 0 Å². The number of aromatic nitrogens is 2. The van der Waals surface area contributed by atoms with E-state index in [9.17, 15) is 0 Å². The lowest BCUT2D eigenvalue weighted by atomic mass is 10.3. The Morgan fingerprint density at radius 3 is 1.44 bits per heavy atom. The molecule has 4 heteroatoms. The lowest BCUT2D eigenvalue weighted by Gasteiger charge is -1.94. The summed E-state index contributed by atoms with van der Waals surface area (Å²) in [6.45, 7) is 16.0. The van der Waals surface area contributed by atoms with Gasteiger partial charge in [0.1, 0.15) is 0 Å². The number of hydrogen-bond acceptors (Lipinski definition) is 3. The van der Waals surface area contributed by atoms with Crippen molar-refractivity contribution in [3.63, 3.8) is 0 Å². The van der Waals surface area contributed by atoms with Crippen LogP contribution in [-0.2, 0) is 0 Å². The highest BCUT2D eigenvalue weighted by Crippen LogP contribution is 2.10. The summed E-state index contributed by atoms with van der Waals surface area (Å²) in [5.41, 5.74) is 14.2. The number of nitrogens with one attached hydrogen (secondary N) is 1. The van der Waals surface area contributed by atoms with Crippen molar-refractivity contribution in [1.82, 2.24) is 9.97 Å². The molecule has 3 rings (SSSR count). The number of hydrogen-bond donors (Lipinski definition) is 3. The van der Waals surface area contributed by atoms with Crippen LogP contribution in [0.3, 0.4) is 0 Å². The molecule has 4 nitrogen and oxygen atoms in total. The molecule has 0 atom stereocenters. The number of anilines is 2. The number of benzene rings is 2. The maximum atomic E-state index is 5.39. The first-order valence-corrected chi connectivity index (χ1v) is 9.25. The van der Waals surface area contributed by atoms with E-state index in [0.717, 1.165) is 11.0 Å². The van der Waals surface area contributed by atoms with E-state index in [-0.39, 0.29) is 0 Å². The van der Waals surface area contributed by atoms with Gasteiger partial charge in [-0.05, 0) is 24.3 Å². The van der Waals surface area contributed by atoms with Crippen LogP contribution in [-0.4, -0.2) is 9.97 Å². The van der Waals surface area contributed by atoms with Gasteiger partial charge in [0.05, 0.1) is 28.7 Å². The van der Waals surface area contributed by atoms with E-state index in [4.69, 9.17) is 11.5 Å². The lowest BCUT2D eigenvalue weighted by molar-refractivity contribution is 1.34. The molecule has 5 N–H and O–H groups in total. The van der Waals surface area contributed by atoms with Crippen LogP contribution in [0.15, 0.2) is 54.9 Å². The zero-order valence-corrected chi connectivity index (χ0v) is 17.3. The van der Waals surface area contributed by atoms with Crippen LogP contribution in [0.5, 0.6) is 0 Å². The summed E-state index contributed by atoms with van der Waals surface area (Å²) in [6, 6.07) is 15.2. The number of para-hydroxylation sites is 4. The summed E-state index contributed by atoms with van der Waals surface area (Å²) < 4.78 is 0. The molecule has 0 unspecified atom stereocenters. The molecule has 0 saturated heterocycles. The quantitative estimate of drug-likeness (QED) is 0.405. The number of nitrogens with two attached hydrogens (primary N) is 2. The average Bonchev–Trinajstić information content (AvgIpc) is 3.20. The zero-order valence-electron chi connectivity index (χ0n) is 17.3. The molecule has 2 aromatic carbocycles. The van der Waals surface area contributed by atoms with Crippen molar-refractivity contribution in [3.05, 3.63) is 54.9 Å². The summed E-state index contributed by atoms with van der Waals surface area (Å²) in [6.07, 6.45) is 1.70. The van der Waals surface area contributed by atoms with Gasteiger partial charge in [-0.3, -0.25) is 0 Å². The minimum absolute atomic E-state index is 0.646. The fourth-order valence-electron chi connectivity index (χ4n) is 1.39. The Hall–Kier alpha value is -2.49. The van der Waals surface area contributed by atoms with Gasteiger partial charge in [0.25, 0.3) is 0 Å². The fourth-order valence-corrected chi connectivity index (χ4v) is 1.39. The van der Waals surface area contributed by atoms with Gasteiger partial charge in [0.2, 0.25) is 0 Å². The largest absolute Gasteiger partial charge is 0.397 e. The first-order chi connectivity index (χ1) is 12.3. The second-order valence-electron chi connectivity index (χ2n) is 3.55. The molecular weight excluding hydrogens is 308 g/mol. The number of nitrogens with zero attached hydrogens (tertiary/aromatic N) is 1. The van der Waals surface area contributed by atoms with E-state index < -0.39 is 0 Å². The molecule has 0 aliphatic rings. The molecule has 1 aromatic heterocycles. The van der Waals surface area contributed by atoms with E-state index in [1.807, 2.05) is 91.8 Å². The molecule has 3 aromatic rings. The smallest absolute Gasteiger partial charge is 0.0931 e. The maximum Gasteiger partial charge on any atom is 0.0931 e. The van der Waals surface area contributed by atoms with Crippen LogP contribution in [0, 0.1) is 0 Å². The van der Waals surface area contributed by atoms with Gasteiger partial charge < -0.3 is 16.5 Å². The number of aromatic amines is 1. The van der Waals surface area contributed by atoms with Gasteiger partial charge in [-0.15, -0.1) is 0 Å². The third-order valence-corrected chi connectivity index (χ3v) is 2.32. The van der Waals surface area contributed by atoms with Gasteiger partial charge in [-0.25, -0.2) is 4.98 Å². The number of H-pyrrole nitrogens is 1. The second kappa shape index (κ2) is 21.5. The zero-order chi connectivity index (χ0) is 20.1. The molecule has 0 bridgehead atoms. The summed E-state index contributed by atoms with van der Waals surface area (Å²) >= 11 is 0. The van der Waals surface area contributed by atoms with Crippen molar-refractivity contribution in [2.24, 2.45) is 0 Å². The van der Waals surface area contributed by atoms with Crippen molar-refractivity contribution < 1.29 is 0 Å². The van der Waals surface area contributed by atoms with E-state index in [1.54, 1.807) is 18.5 Å². The maximum absolute atomic E-state index is 5.39. The molecule has 142 valence electrons. The molecule has 0 amide bonds. The van der Waals surface area contributed by atoms with Crippen LogP contribution < -0.4 is 11.5 Å². The summed E-state index contributed by atoms with van der Waals surface area (Å²) in [7, 11) is 0. The molecular formula is C21H38N4. The van der Waals surface area contributed by atoms with E-state index >= 15 is 0 Å². The third-order valence-electron chi connectivity index (χ3n) is 2.32. The van der Waals surface area contributed by atoms with Gasteiger partial charge in [-0.1, -0.05) is 79.7 Å². The predicted octanol–water partition coefficient (Wildman–Crippen LogP) is 6.52. The summed E-state index contributed by atoms with van der Waals surface area (Å²) in [4.78, 5) is 7.07. The van der Waals surface area contributed by atoms with E-state index in [2.05, 4.69) is 9.97 Å². The number of fused-ring (bicyclic) bond motifs is 1. The molecule has 0 fully saturated rings. The summed E-state index contributed by atoms with van der Waals surface area (Å²) in [5.74, 6) is 0. The highest BCUT2D eigenvalue weighted by molar-refractivity contribution is 5.73. The Morgan fingerprint density at radius 2 is 1.04 bits per heavy atom. The molecule has 0 aliphatic heterocycles. The Bertz CT molecular complexity index is 552. The first kappa shape index (κ1) is 27.4. The Morgan fingerprint density at radius 1 is 0.640 bits per heavy atom. The van der Waals surface area contributed by atoms with Crippen molar-refractivity contribution in [1.29, 1.82) is 0 Å². The standard InChI is InChI=1S/C7H6N2.C6H8N2.4C2H6/c1-2-4-7-6(3-1)8-5-9-7;7-5-3-1-2-4-6(5)8;4*1-2/h1-5H,(H,8,9);1-4H,7-8H2;4*1-2H3. The van der Waals surface area contributed by atoms with Crippen molar-refractivity contribution in [2.75, 3.05) is 11.5 Å². The monoisotopic (exact) mass is 346 g/mol. The van der Waals surface area contributed by atoms with E-state index in [1.165, 1.54) is 0 Å². The second-order valence-corrected chi connectivity index (χ2v) is 3.55. The lowest BCUT2D eigenvalue weighted by Crippen LogP contribution is -1.91. The first-order valence-electron chi connectivity index (χ1n) is 9.25. The van der Waals surface area contributed by atoms with Gasteiger partial charge >= 0.3 is 0 Å². The average molecular weight is 347 g/mol. The minimum atomic E-state index is 0.646. The van der Waals surface area contributed by atoms with Crippen molar-refractivity contribution in [2.45, 2.75) is 55.4 Å². The molecule has 0 saturated carbocycles. The number of rotatable bonds is 0. The molecule has 25 heavy (non-hydrogen) atoms. The van der Waals surface area contributed by atoms with Crippen LogP contribution in [0.2, 0.25) is 0 Å². The number of imidazole rings is 1. The Balaban J connectivity index is -0.000000279. The van der Waals surface area contributed by atoms with Crippen LogP contribution in [0.4, 0.5) is 11.4 Å². The van der Waals surface area contributed by atoms with Crippen LogP contribution in [0.1, 0.15) is 55.4 Å². The molecule has 1 heterocycles. The predicted molar refractivity (Wildman–Crippen MR) is 117 cm³/mol. The molecule has 0 aliphatic carbocycles. The minimum Gasteiger partial charge on any atom is -0.397 e. The normalized spacial score (nSPS) is 7.52. The SMILES string of the molecule is CC.CC.CC.CC.Nc1ccccc1N.c1ccc2[nH]cnc2c1. The fraction of sp³-hybridized carbons (Fsp3) is 0.381. The Labute approximate surface area is 154 Å². The topological polar surface area (TPSA) is 80.7 Å². The van der Waals surface area contributed by atoms with Crippen LogP contribution >= 0.6 is 0 Å². The molecule has 0 radical (unpaired) electrons. The van der Waals surface area contributed by atoms with E-state index in [0.29, 0.717) is 11.4 Å². The Kier molecular flexibility index (Phi) is 23.5. The van der Waals surface area contributed by atoms with Gasteiger partial charge in [0.15, 0.2) is 0 Å².